The Kier molecular flexibility index (Phi) is 8.25. The third-order valence-corrected chi connectivity index (χ3v) is 7.79. The van der Waals surface area contributed by atoms with Gasteiger partial charge in [0.05, 0.1) is 12.6 Å². The van der Waals surface area contributed by atoms with E-state index in [0.29, 0.717) is 6.54 Å². The Morgan fingerprint density at radius 2 is 1.76 bits per heavy atom. The monoisotopic (exact) mass is 485 g/mol. The van der Waals surface area contributed by atoms with Crippen molar-refractivity contribution in [2.24, 2.45) is 5.92 Å². The fourth-order valence-electron chi connectivity index (χ4n) is 4.10. The first-order valence-electron chi connectivity index (χ1n) is 11.2. The van der Waals surface area contributed by atoms with Gasteiger partial charge in [-0.2, -0.15) is 0 Å². The zero-order chi connectivity index (χ0) is 23.0. The molecular weight excluding hydrogens is 457 g/mol. The number of hydrogen-bond acceptors (Lipinski definition) is 5. The van der Waals surface area contributed by atoms with Crippen LogP contribution < -0.4 is 10.6 Å². The average Bonchev–Trinajstić information content (AvgIpc) is 3.53. The van der Waals surface area contributed by atoms with Crippen LogP contribution >= 0.6 is 22.7 Å². The molecule has 2 aromatic heterocycles. The van der Waals surface area contributed by atoms with Crippen LogP contribution in [0.4, 0.5) is 4.39 Å². The number of carbonyl (C=O) groups excluding carboxylic acids is 2. The molecule has 1 aliphatic heterocycles. The number of likely N-dealkylation sites (tertiary alicyclic amines) is 1. The summed E-state index contributed by atoms with van der Waals surface area (Å²) < 4.78 is 13.4. The summed E-state index contributed by atoms with van der Waals surface area (Å²) >= 11 is 3.27. The topological polar surface area (TPSA) is 61.4 Å². The molecule has 3 heterocycles. The van der Waals surface area contributed by atoms with Crippen molar-refractivity contribution in [2.75, 3.05) is 26.2 Å². The van der Waals surface area contributed by atoms with E-state index in [1.807, 2.05) is 29.0 Å². The van der Waals surface area contributed by atoms with E-state index in [2.05, 4.69) is 21.6 Å². The Labute approximate surface area is 201 Å². The van der Waals surface area contributed by atoms with Crippen LogP contribution in [0.15, 0.2) is 59.3 Å². The van der Waals surface area contributed by atoms with Gasteiger partial charge in [0, 0.05) is 22.2 Å². The summed E-state index contributed by atoms with van der Waals surface area (Å²) in [6.45, 7) is 2.39. The molecule has 0 spiro atoms. The fraction of sp³-hybridized carbons (Fsp3) is 0.360. The number of nitrogens with zero attached hydrogens (tertiary/aromatic N) is 1. The first-order valence-corrected chi connectivity index (χ1v) is 12.9. The van der Waals surface area contributed by atoms with Crippen LogP contribution in [0.5, 0.6) is 0 Å². The molecule has 3 aromatic rings. The van der Waals surface area contributed by atoms with Gasteiger partial charge in [-0.1, -0.05) is 24.3 Å². The zero-order valence-corrected chi connectivity index (χ0v) is 20.0. The van der Waals surface area contributed by atoms with E-state index in [0.717, 1.165) is 42.8 Å². The number of hydrogen-bond donors (Lipinski definition) is 2. The Bertz CT molecular complexity index is 1010. The fourth-order valence-corrected chi connectivity index (χ4v) is 5.61. The number of benzene rings is 1. The van der Waals surface area contributed by atoms with Gasteiger partial charge in [0.1, 0.15) is 5.82 Å². The van der Waals surface area contributed by atoms with Gasteiger partial charge >= 0.3 is 0 Å². The number of thiophene rings is 2. The molecule has 0 bridgehead atoms. The molecule has 1 saturated heterocycles. The minimum absolute atomic E-state index is 0.00530. The molecule has 8 heteroatoms. The second kappa shape index (κ2) is 11.5. The first kappa shape index (κ1) is 23.6. The van der Waals surface area contributed by atoms with Crippen molar-refractivity contribution in [3.63, 3.8) is 0 Å². The summed E-state index contributed by atoms with van der Waals surface area (Å²) in [6, 6.07) is 14.0. The van der Waals surface area contributed by atoms with Crippen LogP contribution in [0.25, 0.3) is 0 Å². The number of carbonyl (C=O) groups is 2. The standard InChI is InChI=1S/C25H28FN3O2S2/c26-20-7-5-18(6-8-20)24(22-4-2-16-33-22)28-23(30)17-29-13-10-19(11-14-29)25(31)27-12-9-21-3-1-15-32-21/h1-8,15-16,19,24H,9-14,17H2,(H,27,31)(H,28,30). The third-order valence-electron chi connectivity index (χ3n) is 5.91. The molecule has 5 nitrogen and oxygen atoms in total. The molecule has 0 saturated carbocycles. The maximum atomic E-state index is 13.4. The molecule has 1 aliphatic rings. The number of amides is 2. The van der Waals surface area contributed by atoms with E-state index in [4.69, 9.17) is 0 Å². The zero-order valence-electron chi connectivity index (χ0n) is 18.3. The van der Waals surface area contributed by atoms with Gasteiger partial charge in [0.2, 0.25) is 11.8 Å². The summed E-state index contributed by atoms with van der Waals surface area (Å²) in [6.07, 6.45) is 2.37. The summed E-state index contributed by atoms with van der Waals surface area (Å²) in [5, 5.41) is 10.2. The molecule has 33 heavy (non-hydrogen) atoms. The predicted octanol–water partition coefficient (Wildman–Crippen LogP) is 4.23. The van der Waals surface area contributed by atoms with Gasteiger partial charge in [-0.25, -0.2) is 4.39 Å². The van der Waals surface area contributed by atoms with Gasteiger partial charge in [-0.15, -0.1) is 22.7 Å². The normalized spacial score (nSPS) is 15.8. The van der Waals surface area contributed by atoms with Crippen LogP contribution in [0.2, 0.25) is 0 Å². The minimum atomic E-state index is -0.301. The highest BCUT2D eigenvalue weighted by Gasteiger charge is 2.26. The maximum absolute atomic E-state index is 13.4. The Balaban J connectivity index is 1.24. The highest BCUT2D eigenvalue weighted by molar-refractivity contribution is 7.10. The van der Waals surface area contributed by atoms with E-state index in [9.17, 15) is 14.0 Å². The van der Waals surface area contributed by atoms with E-state index in [-0.39, 0.29) is 36.1 Å². The number of piperidine rings is 1. The summed E-state index contributed by atoms with van der Waals surface area (Å²) in [4.78, 5) is 29.7. The lowest BCUT2D eigenvalue weighted by atomic mass is 9.96. The summed E-state index contributed by atoms with van der Waals surface area (Å²) in [7, 11) is 0. The number of halogens is 1. The number of nitrogens with one attached hydrogen (secondary N) is 2. The molecule has 1 unspecified atom stereocenters. The summed E-state index contributed by atoms with van der Waals surface area (Å²) in [5.74, 6) is -0.250. The van der Waals surface area contributed by atoms with Crippen molar-refractivity contribution in [3.05, 3.63) is 80.4 Å². The Hall–Kier alpha value is -2.55. The lowest BCUT2D eigenvalue weighted by molar-refractivity contribution is -0.126. The van der Waals surface area contributed by atoms with E-state index >= 15 is 0 Å². The van der Waals surface area contributed by atoms with Crippen molar-refractivity contribution < 1.29 is 14.0 Å². The Morgan fingerprint density at radius 1 is 1.03 bits per heavy atom. The van der Waals surface area contributed by atoms with Gasteiger partial charge in [-0.3, -0.25) is 14.5 Å². The van der Waals surface area contributed by atoms with E-state index in [1.54, 1.807) is 34.8 Å². The molecule has 1 fully saturated rings. The number of rotatable bonds is 9. The smallest absolute Gasteiger partial charge is 0.234 e. The van der Waals surface area contributed by atoms with Crippen LogP contribution in [0.3, 0.4) is 0 Å². The molecule has 0 aliphatic carbocycles. The Morgan fingerprint density at radius 3 is 2.42 bits per heavy atom. The predicted molar refractivity (Wildman–Crippen MR) is 131 cm³/mol. The highest BCUT2D eigenvalue weighted by Crippen LogP contribution is 2.26. The van der Waals surface area contributed by atoms with Crippen LogP contribution in [0, 0.1) is 11.7 Å². The van der Waals surface area contributed by atoms with E-state index < -0.39 is 0 Å². The van der Waals surface area contributed by atoms with Gasteiger partial charge in [-0.05, 0) is 72.9 Å². The third kappa shape index (κ3) is 6.72. The lowest BCUT2D eigenvalue weighted by Crippen LogP contribution is -2.45. The highest BCUT2D eigenvalue weighted by atomic mass is 32.1. The second-order valence-electron chi connectivity index (χ2n) is 8.24. The average molecular weight is 486 g/mol. The van der Waals surface area contributed by atoms with Gasteiger partial charge in [0.25, 0.3) is 0 Å². The van der Waals surface area contributed by atoms with Crippen molar-refractivity contribution >= 4 is 34.5 Å². The molecule has 4 rings (SSSR count). The van der Waals surface area contributed by atoms with Crippen molar-refractivity contribution in [1.82, 2.24) is 15.5 Å². The van der Waals surface area contributed by atoms with Crippen molar-refractivity contribution in [2.45, 2.75) is 25.3 Å². The maximum Gasteiger partial charge on any atom is 0.234 e. The van der Waals surface area contributed by atoms with Crippen LogP contribution in [-0.2, 0) is 16.0 Å². The largest absolute Gasteiger partial charge is 0.355 e. The molecule has 174 valence electrons. The van der Waals surface area contributed by atoms with Gasteiger partial charge in [0.15, 0.2) is 0 Å². The SMILES string of the molecule is O=C(CN1CCC(C(=O)NCCc2cccs2)CC1)NC(c1ccc(F)cc1)c1cccs1. The molecule has 1 atom stereocenters. The van der Waals surface area contributed by atoms with Crippen LogP contribution in [0.1, 0.15) is 34.2 Å². The molecule has 2 N–H and O–H groups in total. The molecular formula is C25H28FN3O2S2. The molecule has 0 radical (unpaired) electrons. The van der Waals surface area contributed by atoms with Gasteiger partial charge < -0.3 is 10.6 Å². The first-order chi connectivity index (χ1) is 16.1. The lowest BCUT2D eigenvalue weighted by Gasteiger charge is -2.31. The summed E-state index contributed by atoms with van der Waals surface area (Å²) in [5.41, 5.74) is 0.852. The molecule has 2 amide bonds. The van der Waals surface area contributed by atoms with Crippen LogP contribution in [-0.4, -0.2) is 42.9 Å². The minimum Gasteiger partial charge on any atom is -0.355 e. The van der Waals surface area contributed by atoms with E-state index in [1.165, 1.54) is 17.0 Å². The van der Waals surface area contributed by atoms with Crippen molar-refractivity contribution in [1.29, 1.82) is 0 Å². The molecule has 1 aromatic carbocycles. The quantitative estimate of drug-likeness (QED) is 0.477. The van der Waals surface area contributed by atoms with Crippen molar-refractivity contribution in [3.8, 4) is 0 Å². The second-order valence-corrected chi connectivity index (χ2v) is 10.2.